The van der Waals surface area contributed by atoms with Gasteiger partial charge in [-0.15, -0.1) is 0 Å². The Morgan fingerprint density at radius 1 is 0.851 bits per heavy atom. The van der Waals surface area contributed by atoms with Gasteiger partial charge in [0.25, 0.3) is 11.8 Å². The average molecular weight is 909 g/mol. The number of piperidine rings is 2. The standard InChI is InChI=1S/C50H49FN8O8/c1-66-42-25-36-38(53-22-16-41(36)67-34-11-9-32(10-12-34)55-49(65)50(19-20-50)48(64)54-31-7-5-30(51)6-8-31)26-40(42)57-23-17-33(18-24-57)58-27-29(28-58)15-21-52-37-4-2-3-35-44(37)47(63)59(46(35)62)39-13-14-43(60)56-45(39)61/h2-12,16,22,25-26,29,33,39,52H,13-15,17-21,23-24,27-28H2,1H3,(H,54,64)(H,55,65)(H,56,60,61). The Bertz CT molecular complexity index is 2800. The third kappa shape index (κ3) is 8.50. The second-order valence-electron chi connectivity index (χ2n) is 17.9. The molecule has 6 amide bonds. The summed E-state index contributed by atoms with van der Waals surface area (Å²) < 4.78 is 25.6. The highest BCUT2D eigenvalue weighted by molar-refractivity contribution is 6.25. The van der Waals surface area contributed by atoms with Gasteiger partial charge in [-0.2, -0.15) is 0 Å². The van der Waals surface area contributed by atoms with Crippen molar-refractivity contribution in [2.45, 2.75) is 57.0 Å². The topological polar surface area (TPSA) is 192 Å². The molecule has 1 aromatic heterocycles. The molecule has 3 saturated heterocycles. The van der Waals surface area contributed by atoms with Crippen LogP contribution in [0.25, 0.3) is 10.9 Å². The van der Waals surface area contributed by atoms with E-state index in [9.17, 15) is 33.2 Å². The van der Waals surface area contributed by atoms with E-state index in [1.54, 1.807) is 61.8 Å². The molecule has 4 aromatic carbocycles. The predicted molar refractivity (Wildman–Crippen MR) is 247 cm³/mol. The van der Waals surface area contributed by atoms with E-state index in [1.807, 2.05) is 12.1 Å². The van der Waals surface area contributed by atoms with Gasteiger partial charge >= 0.3 is 0 Å². The molecule has 5 heterocycles. The Morgan fingerprint density at radius 3 is 2.22 bits per heavy atom. The summed E-state index contributed by atoms with van der Waals surface area (Å²) in [6.45, 7) is 4.32. The number of aromatic nitrogens is 1. The summed E-state index contributed by atoms with van der Waals surface area (Å²) in [4.78, 5) is 87.7. The minimum atomic E-state index is -1.18. The van der Waals surface area contributed by atoms with Gasteiger partial charge in [0, 0.05) is 73.8 Å². The number of anilines is 4. The van der Waals surface area contributed by atoms with Gasteiger partial charge in [0.1, 0.15) is 34.5 Å². The zero-order valence-electron chi connectivity index (χ0n) is 36.8. The minimum Gasteiger partial charge on any atom is -0.495 e. The molecule has 5 aliphatic rings. The number of hydrogen-bond acceptors (Lipinski definition) is 12. The lowest BCUT2D eigenvalue weighted by Crippen LogP contribution is -2.55. The first-order valence-electron chi connectivity index (χ1n) is 22.7. The Kier molecular flexibility index (Phi) is 11.5. The number of likely N-dealkylation sites (tertiary alicyclic amines) is 1. The molecule has 4 N–H and O–H groups in total. The van der Waals surface area contributed by atoms with Crippen LogP contribution in [0, 0.1) is 17.2 Å². The maximum Gasteiger partial charge on any atom is 0.264 e. The van der Waals surface area contributed by atoms with E-state index in [-0.39, 0.29) is 24.0 Å². The molecule has 1 atom stereocenters. The third-order valence-electron chi connectivity index (χ3n) is 13.7. The van der Waals surface area contributed by atoms with Crippen LogP contribution in [0.4, 0.5) is 27.1 Å². The molecule has 0 spiro atoms. The number of methoxy groups -OCH3 is 1. The van der Waals surface area contributed by atoms with Gasteiger partial charge in [-0.05, 0) is 123 Å². The lowest BCUT2D eigenvalue weighted by molar-refractivity contribution is -0.136. The quantitative estimate of drug-likeness (QED) is 0.0716. The number of nitrogens with zero attached hydrogens (tertiary/aromatic N) is 4. The molecule has 344 valence electrons. The van der Waals surface area contributed by atoms with Gasteiger partial charge in [0.05, 0.1) is 29.4 Å². The van der Waals surface area contributed by atoms with Crippen LogP contribution in [-0.2, 0) is 19.2 Å². The van der Waals surface area contributed by atoms with Crippen LogP contribution in [0.5, 0.6) is 17.2 Å². The van der Waals surface area contributed by atoms with Crippen LogP contribution in [0.2, 0.25) is 0 Å². The number of ether oxygens (including phenoxy) is 2. The van der Waals surface area contributed by atoms with E-state index in [0.29, 0.717) is 59.9 Å². The number of imide groups is 2. The van der Waals surface area contributed by atoms with Gasteiger partial charge in [0.15, 0.2) is 0 Å². The third-order valence-corrected chi connectivity index (χ3v) is 13.7. The van der Waals surface area contributed by atoms with E-state index in [0.717, 1.165) is 72.7 Å². The zero-order chi connectivity index (χ0) is 46.4. The van der Waals surface area contributed by atoms with Crippen LogP contribution in [0.1, 0.15) is 65.7 Å². The van der Waals surface area contributed by atoms with Crippen LogP contribution >= 0.6 is 0 Å². The fourth-order valence-corrected chi connectivity index (χ4v) is 9.72. The lowest BCUT2D eigenvalue weighted by atomic mass is 9.91. The van der Waals surface area contributed by atoms with Crippen molar-refractivity contribution in [1.82, 2.24) is 20.1 Å². The predicted octanol–water partition coefficient (Wildman–Crippen LogP) is 6.34. The van der Waals surface area contributed by atoms with Gasteiger partial charge in [-0.3, -0.25) is 48.9 Å². The fourth-order valence-electron chi connectivity index (χ4n) is 9.72. The van der Waals surface area contributed by atoms with Crippen molar-refractivity contribution < 1.29 is 42.6 Å². The first-order chi connectivity index (χ1) is 32.5. The van der Waals surface area contributed by atoms with E-state index in [2.05, 4.69) is 36.1 Å². The highest BCUT2D eigenvalue weighted by atomic mass is 19.1. The van der Waals surface area contributed by atoms with Crippen LogP contribution in [0.15, 0.2) is 91.1 Å². The molecule has 17 heteroatoms. The van der Waals surface area contributed by atoms with Crippen molar-refractivity contribution in [3.63, 3.8) is 0 Å². The lowest BCUT2D eigenvalue weighted by Gasteiger charge is -2.47. The number of halogens is 1. The number of carbonyl (C=O) groups excluding carboxylic acids is 6. The van der Waals surface area contributed by atoms with Crippen molar-refractivity contribution in [3.05, 3.63) is 108 Å². The molecule has 1 saturated carbocycles. The number of fused-ring (bicyclic) bond motifs is 2. The van der Waals surface area contributed by atoms with Gasteiger partial charge in [-0.25, -0.2) is 4.39 Å². The zero-order valence-corrected chi connectivity index (χ0v) is 36.8. The Morgan fingerprint density at radius 2 is 1.55 bits per heavy atom. The van der Waals surface area contributed by atoms with Crippen LogP contribution in [0.3, 0.4) is 0 Å². The molecular weight excluding hydrogens is 860 g/mol. The highest BCUT2D eigenvalue weighted by Gasteiger charge is 2.56. The minimum absolute atomic E-state index is 0.0733. The summed E-state index contributed by atoms with van der Waals surface area (Å²) in [6, 6.07) is 22.7. The van der Waals surface area contributed by atoms with Crippen molar-refractivity contribution in [2.75, 3.05) is 60.7 Å². The average Bonchev–Trinajstić information content (AvgIpc) is 4.10. The summed E-state index contributed by atoms with van der Waals surface area (Å²) in [7, 11) is 1.66. The van der Waals surface area contributed by atoms with E-state index in [1.165, 1.54) is 24.3 Å². The first kappa shape index (κ1) is 43.5. The van der Waals surface area contributed by atoms with E-state index >= 15 is 0 Å². The molecular formula is C50H49FN8O8. The maximum atomic E-state index is 13.5. The number of pyridine rings is 1. The fraction of sp³-hybridized carbons (Fsp3) is 0.340. The molecule has 0 radical (unpaired) electrons. The monoisotopic (exact) mass is 908 g/mol. The van der Waals surface area contributed by atoms with Crippen molar-refractivity contribution in [3.8, 4) is 17.2 Å². The SMILES string of the molecule is COc1cc2c(Oc3ccc(NC(=O)C4(C(=O)Nc5ccc(F)cc5)CC4)cc3)ccnc2cc1N1CCC(N2CC(CCNc3cccc4c3C(=O)N(C3CCC(=O)NC3=O)C4=O)C2)CC1. The van der Waals surface area contributed by atoms with Crippen LogP contribution in [-0.4, -0.2) is 102 Å². The Balaban J connectivity index is 0.702. The molecule has 5 aromatic rings. The number of hydrogen-bond donors (Lipinski definition) is 4. The second kappa shape index (κ2) is 17.8. The molecule has 4 fully saturated rings. The van der Waals surface area contributed by atoms with Crippen LogP contribution < -0.4 is 35.6 Å². The van der Waals surface area contributed by atoms with Crippen molar-refractivity contribution >= 4 is 69.1 Å². The molecule has 10 rings (SSSR count). The Hall–Kier alpha value is -7.40. The summed E-state index contributed by atoms with van der Waals surface area (Å²) >= 11 is 0. The number of rotatable bonds is 14. The van der Waals surface area contributed by atoms with Gasteiger partial charge < -0.3 is 30.3 Å². The summed E-state index contributed by atoms with van der Waals surface area (Å²) in [5, 5.41) is 12.0. The number of carbonyl (C=O) groups is 6. The summed E-state index contributed by atoms with van der Waals surface area (Å²) in [5.74, 6) is -0.947. The number of amides is 6. The van der Waals surface area contributed by atoms with E-state index in [4.69, 9.17) is 9.47 Å². The normalized spacial score (nSPS) is 19.4. The second-order valence-corrected chi connectivity index (χ2v) is 17.9. The van der Waals surface area contributed by atoms with E-state index < -0.39 is 52.7 Å². The van der Waals surface area contributed by atoms with Crippen molar-refractivity contribution in [1.29, 1.82) is 0 Å². The summed E-state index contributed by atoms with van der Waals surface area (Å²) in [6.07, 6.45) is 5.63. The smallest absolute Gasteiger partial charge is 0.264 e. The molecule has 0 bridgehead atoms. The molecule has 67 heavy (non-hydrogen) atoms. The number of nitrogens with one attached hydrogen (secondary N) is 4. The largest absolute Gasteiger partial charge is 0.495 e. The molecule has 4 aliphatic heterocycles. The first-order valence-corrected chi connectivity index (χ1v) is 22.7. The van der Waals surface area contributed by atoms with Crippen molar-refractivity contribution in [2.24, 2.45) is 11.3 Å². The van der Waals surface area contributed by atoms with Gasteiger partial charge in [0.2, 0.25) is 23.6 Å². The summed E-state index contributed by atoms with van der Waals surface area (Å²) in [5.41, 5.74) is 2.61. The number of benzene rings is 4. The molecule has 1 aliphatic carbocycles. The highest BCUT2D eigenvalue weighted by Crippen LogP contribution is 2.48. The molecule has 1 unspecified atom stereocenters. The van der Waals surface area contributed by atoms with Gasteiger partial charge in [-0.1, -0.05) is 6.07 Å². The molecule has 16 nitrogen and oxygen atoms in total. The Labute approximate surface area is 385 Å². The maximum absolute atomic E-state index is 13.5.